The Balaban J connectivity index is 1.94. The van der Waals surface area contributed by atoms with Gasteiger partial charge in [-0.2, -0.15) is 5.10 Å². The van der Waals surface area contributed by atoms with Crippen LogP contribution in [0, 0.1) is 13.8 Å². The number of aromatic nitrogens is 2. The fourth-order valence-electron chi connectivity index (χ4n) is 3.81. The first-order valence-corrected chi connectivity index (χ1v) is 9.29. The summed E-state index contributed by atoms with van der Waals surface area (Å²) in [5, 5.41) is 18.7. The summed E-state index contributed by atoms with van der Waals surface area (Å²) in [6, 6.07) is 12.9. The minimum absolute atomic E-state index is 0.183. The minimum Gasteiger partial charge on any atom is -0.481 e. The highest BCUT2D eigenvalue weighted by Gasteiger charge is 2.26. The second-order valence-corrected chi connectivity index (χ2v) is 7.16. The van der Waals surface area contributed by atoms with Gasteiger partial charge in [0.05, 0.1) is 24.1 Å². The number of aryl methyl sites for hydroxylation is 2. The molecule has 2 atom stereocenters. The molecule has 0 aliphatic rings. The smallest absolute Gasteiger partial charge is 0.305 e. The lowest BCUT2D eigenvalue weighted by Gasteiger charge is -2.22. The number of rotatable bonds is 6. The van der Waals surface area contributed by atoms with E-state index in [0.29, 0.717) is 0 Å². The first kappa shape index (κ1) is 19.6. The summed E-state index contributed by atoms with van der Waals surface area (Å²) in [5.41, 5.74) is 3.43. The van der Waals surface area contributed by atoms with Crippen LogP contribution in [0.3, 0.4) is 0 Å². The third-order valence-electron chi connectivity index (χ3n) is 5.29. The first-order chi connectivity index (χ1) is 13.3. The van der Waals surface area contributed by atoms with Crippen molar-refractivity contribution in [2.24, 2.45) is 7.05 Å². The van der Waals surface area contributed by atoms with Crippen LogP contribution in [0.5, 0.6) is 0 Å². The van der Waals surface area contributed by atoms with Gasteiger partial charge in [0, 0.05) is 18.3 Å². The van der Waals surface area contributed by atoms with Gasteiger partial charge < -0.3 is 10.4 Å². The highest BCUT2D eigenvalue weighted by atomic mass is 16.4. The van der Waals surface area contributed by atoms with Crippen molar-refractivity contribution in [2.75, 3.05) is 0 Å². The van der Waals surface area contributed by atoms with Gasteiger partial charge in [0.15, 0.2) is 0 Å². The average Bonchev–Trinajstić information content (AvgIpc) is 2.91. The molecule has 0 spiro atoms. The van der Waals surface area contributed by atoms with Gasteiger partial charge in [0.1, 0.15) is 0 Å². The summed E-state index contributed by atoms with van der Waals surface area (Å²) in [7, 11) is 1.85. The van der Waals surface area contributed by atoms with Crippen molar-refractivity contribution in [1.82, 2.24) is 15.1 Å². The number of hydrogen-bond acceptors (Lipinski definition) is 3. The van der Waals surface area contributed by atoms with Crippen LogP contribution in [0.4, 0.5) is 0 Å². The Morgan fingerprint density at radius 1 is 1.14 bits per heavy atom. The first-order valence-electron chi connectivity index (χ1n) is 9.29. The lowest BCUT2D eigenvalue weighted by Crippen LogP contribution is -2.33. The number of carbonyl (C=O) groups is 2. The van der Waals surface area contributed by atoms with Crippen LogP contribution < -0.4 is 5.32 Å². The van der Waals surface area contributed by atoms with Crippen molar-refractivity contribution in [2.45, 2.75) is 39.2 Å². The van der Waals surface area contributed by atoms with Crippen molar-refractivity contribution >= 4 is 22.6 Å². The summed E-state index contributed by atoms with van der Waals surface area (Å²) in [5.74, 6) is -1.60. The predicted molar refractivity (Wildman–Crippen MR) is 108 cm³/mol. The lowest BCUT2D eigenvalue weighted by molar-refractivity contribution is -0.137. The molecule has 3 aromatic rings. The Kier molecular flexibility index (Phi) is 5.49. The normalized spacial score (nSPS) is 13.3. The molecular formula is C22H25N3O3. The second kappa shape index (κ2) is 7.84. The Morgan fingerprint density at radius 3 is 2.46 bits per heavy atom. The summed E-state index contributed by atoms with van der Waals surface area (Å²) < 4.78 is 1.76. The Morgan fingerprint density at radius 2 is 1.82 bits per heavy atom. The Hall–Kier alpha value is -3.15. The van der Waals surface area contributed by atoms with E-state index in [-0.39, 0.29) is 12.3 Å². The lowest BCUT2D eigenvalue weighted by atomic mass is 9.94. The van der Waals surface area contributed by atoms with Gasteiger partial charge in [-0.15, -0.1) is 0 Å². The molecule has 146 valence electrons. The fraction of sp³-hybridized carbons (Fsp3) is 0.318. The van der Waals surface area contributed by atoms with Crippen LogP contribution in [0.1, 0.15) is 47.8 Å². The van der Waals surface area contributed by atoms with Gasteiger partial charge in [-0.05, 0) is 37.1 Å². The summed E-state index contributed by atoms with van der Waals surface area (Å²) in [4.78, 5) is 24.5. The van der Waals surface area contributed by atoms with Crippen molar-refractivity contribution in [3.05, 3.63) is 65.0 Å². The highest BCUT2D eigenvalue weighted by Crippen LogP contribution is 2.28. The second-order valence-electron chi connectivity index (χ2n) is 7.16. The van der Waals surface area contributed by atoms with Crippen molar-refractivity contribution in [1.29, 1.82) is 0 Å². The van der Waals surface area contributed by atoms with Gasteiger partial charge in [-0.1, -0.05) is 42.5 Å². The van der Waals surface area contributed by atoms with E-state index in [9.17, 15) is 14.7 Å². The molecule has 0 saturated carbocycles. The summed E-state index contributed by atoms with van der Waals surface area (Å²) >= 11 is 0. The number of nitrogens with one attached hydrogen (secondary N) is 1. The van der Waals surface area contributed by atoms with E-state index in [1.807, 2.05) is 70.3 Å². The van der Waals surface area contributed by atoms with Crippen LogP contribution in [0.2, 0.25) is 0 Å². The zero-order chi connectivity index (χ0) is 20.4. The zero-order valence-electron chi connectivity index (χ0n) is 16.6. The molecule has 0 fully saturated rings. The maximum atomic E-state index is 13.0. The molecule has 6 heteroatoms. The van der Waals surface area contributed by atoms with Gasteiger partial charge in [0.2, 0.25) is 5.91 Å². The SMILES string of the molecule is Cc1nn(C)c(C)c1C(C)C(=O)N[C@H](CC(=O)O)c1cccc2ccccc12. The van der Waals surface area contributed by atoms with E-state index in [4.69, 9.17) is 0 Å². The summed E-state index contributed by atoms with van der Waals surface area (Å²) in [6.45, 7) is 5.64. The van der Waals surface area contributed by atoms with Gasteiger partial charge in [0.25, 0.3) is 0 Å². The molecule has 2 aromatic carbocycles. The van der Waals surface area contributed by atoms with Crippen LogP contribution in [0.15, 0.2) is 42.5 Å². The molecule has 28 heavy (non-hydrogen) atoms. The zero-order valence-corrected chi connectivity index (χ0v) is 16.6. The van der Waals surface area contributed by atoms with Crippen LogP contribution >= 0.6 is 0 Å². The Bertz CT molecular complexity index is 1030. The monoisotopic (exact) mass is 379 g/mol. The number of aliphatic carboxylic acids is 1. The van der Waals surface area contributed by atoms with Crippen LogP contribution in [0.25, 0.3) is 10.8 Å². The van der Waals surface area contributed by atoms with Crippen LogP contribution in [-0.4, -0.2) is 26.8 Å². The Labute approximate surface area is 164 Å². The van der Waals surface area contributed by atoms with E-state index in [1.165, 1.54) is 0 Å². The number of carboxylic acid groups (broad SMARTS) is 1. The maximum Gasteiger partial charge on any atom is 0.305 e. The average molecular weight is 379 g/mol. The van der Waals surface area contributed by atoms with Gasteiger partial charge in [-0.3, -0.25) is 14.3 Å². The van der Waals surface area contributed by atoms with Gasteiger partial charge >= 0.3 is 5.97 Å². The summed E-state index contributed by atoms with van der Waals surface area (Å²) in [6.07, 6.45) is -0.183. The number of benzene rings is 2. The fourth-order valence-corrected chi connectivity index (χ4v) is 3.81. The van der Waals surface area contributed by atoms with Crippen molar-refractivity contribution in [3.8, 4) is 0 Å². The number of amides is 1. The van der Waals surface area contributed by atoms with Crippen molar-refractivity contribution < 1.29 is 14.7 Å². The largest absolute Gasteiger partial charge is 0.481 e. The van der Waals surface area contributed by atoms with Crippen LogP contribution in [-0.2, 0) is 16.6 Å². The molecule has 1 unspecified atom stereocenters. The molecule has 1 amide bonds. The maximum absolute atomic E-state index is 13.0. The molecule has 0 radical (unpaired) electrons. The van der Waals surface area contributed by atoms with E-state index in [1.54, 1.807) is 4.68 Å². The van der Waals surface area contributed by atoms with E-state index in [0.717, 1.165) is 33.3 Å². The van der Waals surface area contributed by atoms with Gasteiger partial charge in [-0.25, -0.2) is 0 Å². The third kappa shape index (κ3) is 3.76. The standard InChI is InChI=1S/C22H25N3O3/c1-13(21-14(2)24-25(4)15(21)3)22(28)23-19(12-20(26)27)18-11-7-9-16-8-5-6-10-17(16)18/h5-11,13,19H,12H2,1-4H3,(H,23,28)(H,26,27)/t13?,19-/m1/s1. The van der Waals surface area contributed by atoms with E-state index in [2.05, 4.69) is 10.4 Å². The molecule has 1 heterocycles. The molecule has 0 aliphatic heterocycles. The molecular weight excluding hydrogens is 354 g/mol. The molecule has 6 nitrogen and oxygen atoms in total. The molecule has 0 bridgehead atoms. The molecule has 2 N–H and O–H groups in total. The van der Waals surface area contributed by atoms with E-state index >= 15 is 0 Å². The quantitative estimate of drug-likeness (QED) is 0.685. The molecule has 3 rings (SSSR count). The number of carboxylic acids is 1. The number of carbonyl (C=O) groups excluding carboxylic acids is 1. The number of hydrogen-bond donors (Lipinski definition) is 2. The molecule has 0 aliphatic carbocycles. The molecule has 1 aromatic heterocycles. The number of nitrogens with zero attached hydrogens (tertiary/aromatic N) is 2. The minimum atomic E-state index is -0.959. The highest BCUT2D eigenvalue weighted by molar-refractivity contribution is 5.89. The predicted octanol–water partition coefficient (Wildman–Crippen LogP) is 3.63. The number of fused-ring (bicyclic) bond motifs is 1. The van der Waals surface area contributed by atoms with E-state index < -0.39 is 17.9 Å². The molecule has 0 saturated heterocycles. The third-order valence-corrected chi connectivity index (χ3v) is 5.29. The topological polar surface area (TPSA) is 84.2 Å². The van der Waals surface area contributed by atoms with Crippen molar-refractivity contribution in [3.63, 3.8) is 0 Å².